The van der Waals surface area contributed by atoms with Gasteiger partial charge in [0.05, 0.1) is 23.8 Å². The molecular weight excluding hydrogens is 466 g/mol. The van der Waals surface area contributed by atoms with Crippen LogP contribution in [0.2, 0.25) is 0 Å². The summed E-state index contributed by atoms with van der Waals surface area (Å²) in [4.78, 5) is 32.5. The first-order valence-electron chi connectivity index (χ1n) is 10.8. The summed E-state index contributed by atoms with van der Waals surface area (Å²) in [5.41, 5.74) is 6.34. The third kappa shape index (κ3) is 5.03. The maximum absolute atomic E-state index is 13.1. The lowest BCUT2D eigenvalue weighted by molar-refractivity contribution is -0.125. The zero-order chi connectivity index (χ0) is 23.6. The van der Waals surface area contributed by atoms with Gasteiger partial charge in [0.25, 0.3) is 11.8 Å². The van der Waals surface area contributed by atoms with Crippen molar-refractivity contribution in [2.24, 2.45) is 0 Å². The Bertz CT molecular complexity index is 1130. The summed E-state index contributed by atoms with van der Waals surface area (Å²) in [5.74, 6) is -1.05. The second-order valence-electron chi connectivity index (χ2n) is 8.04. The van der Waals surface area contributed by atoms with Crippen molar-refractivity contribution < 1.29 is 22.7 Å². The summed E-state index contributed by atoms with van der Waals surface area (Å²) in [5, 5.41) is 0.735. The molecule has 0 bridgehead atoms. The number of sulfonamides is 1. The van der Waals surface area contributed by atoms with Gasteiger partial charge in [-0.25, -0.2) is 13.4 Å². The van der Waals surface area contributed by atoms with Crippen LogP contribution in [0.4, 0.5) is 5.13 Å². The monoisotopic (exact) mass is 493 g/mol. The number of hydrazine groups is 1. The lowest BCUT2D eigenvalue weighted by Gasteiger charge is -2.26. The van der Waals surface area contributed by atoms with E-state index >= 15 is 0 Å². The SMILES string of the molecule is Cc1ccc(S(=O)(=O)N2CCC[C@H]2C(=O)NNC(=O)c2sc(N3CCOCC3)nc2C)cc1. The predicted octanol–water partition coefficient (Wildman–Crippen LogP) is 1.21. The molecule has 1 atom stereocenters. The zero-order valence-electron chi connectivity index (χ0n) is 18.5. The molecule has 2 amide bonds. The standard InChI is InChI=1S/C21H27N5O5S2/c1-14-5-7-16(8-6-14)33(29,30)26-9-3-4-17(26)19(27)23-24-20(28)18-15(2)22-21(32-18)25-10-12-31-13-11-25/h5-8,17H,3-4,9-13H2,1-2H3,(H,23,27)(H,24,28)/t17-/m0/s1. The molecule has 4 rings (SSSR count). The van der Waals surface area contributed by atoms with Crippen molar-refractivity contribution in [3.05, 3.63) is 40.4 Å². The molecule has 0 spiro atoms. The lowest BCUT2D eigenvalue weighted by atomic mass is 10.2. The van der Waals surface area contributed by atoms with Gasteiger partial charge in [-0.3, -0.25) is 20.4 Å². The van der Waals surface area contributed by atoms with Crippen LogP contribution in [-0.2, 0) is 19.6 Å². The molecule has 0 radical (unpaired) electrons. The van der Waals surface area contributed by atoms with Crippen molar-refractivity contribution in [3.63, 3.8) is 0 Å². The third-order valence-corrected chi connectivity index (χ3v) is 8.85. The number of benzene rings is 1. The van der Waals surface area contributed by atoms with Gasteiger partial charge >= 0.3 is 0 Å². The van der Waals surface area contributed by atoms with E-state index in [-0.39, 0.29) is 11.4 Å². The minimum absolute atomic E-state index is 0.146. The highest BCUT2D eigenvalue weighted by molar-refractivity contribution is 7.89. The first-order valence-corrected chi connectivity index (χ1v) is 13.0. The normalized spacial score (nSPS) is 19.5. The van der Waals surface area contributed by atoms with Crippen molar-refractivity contribution >= 4 is 38.3 Å². The molecule has 10 nitrogen and oxygen atoms in total. The molecule has 2 aliphatic rings. The van der Waals surface area contributed by atoms with E-state index in [0.29, 0.717) is 49.7 Å². The Morgan fingerprint density at radius 3 is 2.48 bits per heavy atom. The van der Waals surface area contributed by atoms with Crippen LogP contribution in [0.1, 0.15) is 33.8 Å². The van der Waals surface area contributed by atoms with Gasteiger partial charge in [0.1, 0.15) is 10.9 Å². The summed E-state index contributed by atoms with van der Waals surface area (Å²) < 4.78 is 32.7. The van der Waals surface area contributed by atoms with Gasteiger partial charge in [0.15, 0.2) is 5.13 Å². The number of nitrogens with zero attached hydrogens (tertiary/aromatic N) is 3. The van der Waals surface area contributed by atoms with E-state index in [1.54, 1.807) is 31.2 Å². The van der Waals surface area contributed by atoms with E-state index in [4.69, 9.17) is 4.74 Å². The fourth-order valence-electron chi connectivity index (χ4n) is 3.88. The van der Waals surface area contributed by atoms with Crippen LogP contribution in [0, 0.1) is 13.8 Å². The molecule has 1 aromatic carbocycles. The number of nitrogens with one attached hydrogen (secondary N) is 2. The zero-order valence-corrected chi connectivity index (χ0v) is 20.2. The van der Waals surface area contributed by atoms with Crippen LogP contribution in [-0.4, -0.2) is 68.4 Å². The molecule has 33 heavy (non-hydrogen) atoms. The van der Waals surface area contributed by atoms with Crippen molar-refractivity contribution in [1.82, 2.24) is 20.1 Å². The molecule has 2 N–H and O–H groups in total. The summed E-state index contributed by atoms with van der Waals surface area (Å²) >= 11 is 1.25. The number of rotatable bonds is 5. The number of anilines is 1. The Morgan fingerprint density at radius 2 is 1.79 bits per heavy atom. The maximum Gasteiger partial charge on any atom is 0.281 e. The summed E-state index contributed by atoms with van der Waals surface area (Å²) in [6.07, 6.45) is 0.946. The second-order valence-corrected chi connectivity index (χ2v) is 10.9. The van der Waals surface area contributed by atoms with Gasteiger partial charge in [-0.05, 0) is 38.8 Å². The number of ether oxygens (including phenoxy) is 1. The molecule has 0 unspecified atom stereocenters. The first-order chi connectivity index (χ1) is 15.8. The van der Waals surface area contributed by atoms with E-state index in [9.17, 15) is 18.0 Å². The van der Waals surface area contributed by atoms with Crippen LogP contribution in [0.3, 0.4) is 0 Å². The number of aryl methyl sites for hydroxylation is 2. The number of thiazole rings is 1. The van der Waals surface area contributed by atoms with Crippen LogP contribution >= 0.6 is 11.3 Å². The molecule has 0 saturated carbocycles. The number of amides is 2. The Balaban J connectivity index is 1.40. The van der Waals surface area contributed by atoms with Crippen molar-refractivity contribution in [1.29, 1.82) is 0 Å². The average Bonchev–Trinajstić information content (AvgIpc) is 3.46. The minimum atomic E-state index is -3.82. The van der Waals surface area contributed by atoms with Gasteiger partial charge in [0.2, 0.25) is 10.0 Å². The summed E-state index contributed by atoms with van der Waals surface area (Å²) in [6.45, 7) is 6.50. The smallest absolute Gasteiger partial charge is 0.281 e. The highest BCUT2D eigenvalue weighted by Crippen LogP contribution is 2.28. The second kappa shape index (κ2) is 9.75. The Labute approximate surface area is 197 Å². The molecular formula is C21H27N5O5S2. The lowest BCUT2D eigenvalue weighted by Crippen LogP contribution is -2.51. The van der Waals surface area contributed by atoms with E-state index < -0.39 is 27.9 Å². The molecule has 178 valence electrons. The number of morpholine rings is 1. The van der Waals surface area contributed by atoms with Gasteiger partial charge in [-0.1, -0.05) is 29.0 Å². The van der Waals surface area contributed by atoms with Crippen LogP contribution in [0.15, 0.2) is 29.2 Å². The van der Waals surface area contributed by atoms with Crippen LogP contribution < -0.4 is 15.8 Å². The molecule has 1 aromatic heterocycles. The third-order valence-electron chi connectivity index (χ3n) is 5.71. The van der Waals surface area contributed by atoms with Crippen LogP contribution in [0.5, 0.6) is 0 Å². The van der Waals surface area contributed by atoms with E-state index in [1.165, 1.54) is 15.6 Å². The largest absolute Gasteiger partial charge is 0.378 e. The molecule has 2 aliphatic heterocycles. The van der Waals surface area contributed by atoms with E-state index in [1.807, 2.05) is 6.92 Å². The fraction of sp³-hybridized carbons (Fsp3) is 0.476. The highest BCUT2D eigenvalue weighted by atomic mass is 32.2. The van der Waals surface area contributed by atoms with Gasteiger partial charge < -0.3 is 9.64 Å². The predicted molar refractivity (Wildman–Crippen MR) is 124 cm³/mol. The minimum Gasteiger partial charge on any atom is -0.378 e. The van der Waals surface area contributed by atoms with E-state index in [0.717, 1.165) is 10.7 Å². The fourth-order valence-corrected chi connectivity index (χ4v) is 6.55. The van der Waals surface area contributed by atoms with Crippen molar-refractivity contribution in [2.45, 2.75) is 37.6 Å². The quantitative estimate of drug-likeness (QED) is 0.601. The molecule has 2 fully saturated rings. The van der Waals surface area contributed by atoms with E-state index in [2.05, 4.69) is 20.7 Å². The van der Waals surface area contributed by atoms with Crippen molar-refractivity contribution in [3.8, 4) is 0 Å². The number of carbonyl (C=O) groups excluding carboxylic acids is 2. The van der Waals surface area contributed by atoms with Crippen LogP contribution in [0.25, 0.3) is 0 Å². The molecule has 0 aliphatic carbocycles. The summed E-state index contributed by atoms with van der Waals surface area (Å²) in [6, 6.07) is 5.64. The average molecular weight is 494 g/mol. The first kappa shape index (κ1) is 23.6. The number of aromatic nitrogens is 1. The summed E-state index contributed by atoms with van der Waals surface area (Å²) in [7, 11) is -3.82. The number of hydrogen-bond acceptors (Lipinski definition) is 8. The van der Waals surface area contributed by atoms with Crippen molar-refractivity contribution in [2.75, 3.05) is 37.7 Å². The molecule has 2 aromatic rings. The molecule has 3 heterocycles. The topological polar surface area (TPSA) is 121 Å². The Hall–Kier alpha value is -2.54. The Kier molecular flexibility index (Phi) is 6.98. The van der Waals surface area contributed by atoms with Gasteiger partial charge in [-0.15, -0.1) is 0 Å². The Morgan fingerprint density at radius 1 is 1.09 bits per heavy atom. The molecule has 12 heteroatoms. The maximum atomic E-state index is 13.1. The van der Waals surface area contributed by atoms with Gasteiger partial charge in [-0.2, -0.15) is 4.31 Å². The number of carbonyl (C=O) groups is 2. The highest BCUT2D eigenvalue weighted by Gasteiger charge is 2.39. The van der Waals surface area contributed by atoms with Gasteiger partial charge in [0, 0.05) is 19.6 Å². The molecule has 2 saturated heterocycles. The number of hydrogen-bond donors (Lipinski definition) is 2.